The molecule has 0 radical (unpaired) electrons. The van der Waals surface area contributed by atoms with E-state index < -0.39 is 18.0 Å². The van der Waals surface area contributed by atoms with Crippen LogP contribution in [-0.2, 0) is 20.7 Å². The van der Waals surface area contributed by atoms with Gasteiger partial charge in [-0.2, -0.15) is 0 Å². The lowest BCUT2D eigenvalue weighted by molar-refractivity contribution is -0.147. The summed E-state index contributed by atoms with van der Waals surface area (Å²) < 4.78 is 16.3. The molecule has 0 bridgehead atoms. The summed E-state index contributed by atoms with van der Waals surface area (Å²) in [5, 5.41) is 20.5. The number of aldehydes is 1. The minimum Gasteiger partial charge on any atom is -0.493 e. The maximum atomic E-state index is 12.0. The van der Waals surface area contributed by atoms with Gasteiger partial charge in [0.25, 0.3) is 0 Å². The van der Waals surface area contributed by atoms with Crippen molar-refractivity contribution in [3.8, 4) is 11.5 Å². The van der Waals surface area contributed by atoms with Gasteiger partial charge in [-0.05, 0) is 54.7 Å². The van der Waals surface area contributed by atoms with Gasteiger partial charge in [-0.25, -0.2) is 0 Å². The van der Waals surface area contributed by atoms with E-state index in [1.54, 1.807) is 14.2 Å². The molecule has 0 aliphatic heterocycles. The first-order chi connectivity index (χ1) is 15.6. The van der Waals surface area contributed by atoms with Crippen LogP contribution in [0.2, 0.25) is 0 Å². The van der Waals surface area contributed by atoms with Gasteiger partial charge in [0.1, 0.15) is 6.29 Å². The molecule has 0 spiro atoms. The SMILES string of the molecule is COCCCOc1cc(C[C@@H](C[C@H](C(=O)O)[C@@H](O)C[C@H](C=O)C(C)C)C(C)C)ccc1OC. The van der Waals surface area contributed by atoms with Gasteiger partial charge in [0.2, 0.25) is 0 Å². The summed E-state index contributed by atoms with van der Waals surface area (Å²) in [6.45, 7) is 9.03. The molecule has 2 N–H and O–H groups in total. The van der Waals surface area contributed by atoms with Crippen molar-refractivity contribution in [2.75, 3.05) is 27.4 Å². The molecule has 0 aliphatic carbocycles. The Bertz CT molecular complexity index is 717. The Morgan fingerprint density at radius 2 is 1.73 bits per heavy atom. The maximum Gasteiger partial charge on any atom is 0.309 e. The number of aliphatic carboxylic acids is 1. The number of hydrogen-bond donors (Lipinski definition) is 2. The fraction of sp³-hybridized carbons (Fsp3) is 0.692. The lowest BCUT2D eigenvalue weighted by atomic mass is 9.78. The van der Waals surface area contributed by atoms with Crippen molar-refractivity contribution in [3.05, 3.63) is 23.8 Å². The molecule has 0 unspecified atom stereocenters. The highest BCUT2D eigenvalue weighted by molar-refractivity contribution is 5.70. The summed E-state index contributed by atoms with van der Waals surface area (Å²) in [6, 6.07) is 5.76. The number of carbonyl (C=O) groups is 2. The molecule has 1 aromatic rings. The molecule has 33 heavy (non-hydrogen) atoms. The van der Waals surface area contributed by atoms with Gasteiger partial charge in [0, 0.05) is 26.1 Å². The van der Waals surface area contributed by atoms with Crippen molar-refractivity contribution in [1.82, 2.24) is 0 Å². The Hall–Kier alpha value is -2.12. The van der Waals surface area contributed by atoms with Crippen molar-refractivity contribution in [2.45, 2.75) is 59.5 Å². The van der Waals surface area contributed by atoms with E-state index in [1.165, 1.54) is 0 Å². The number of carboxylic acids is 1. The minimum atomic E-state index is -1.07. The van der Waals surface area contributed by atoms with Gasteiger partial charge in [0.05, 0.1) is 25.7 Å². The van der Waals surface area contributed by atoms with Crippen LogP contribution in [0.25, 0.3) is 0 Å². The second-order valence-electron chi connectivity index (χ2n) is 9.42. The third-order valence-electron chi connectivity index (χ3n) is 6.30. The molecule has 188 valence electrons. The minimum absolute atomic E-state index is 0.0317. The average Bonchev–Trinajstić information content (AvgIpc) is 2.77. The van der Waals surface area contributed by atoms with Crippen molar-refractivity contribution < 1.29 is 34.0 Å². The van der Waals surface area contributed by atoms with Crippen LogP contribution < -0.4 is 9.47 Å². The maximum absolute atomic E-state index is 12.0. The van der Waals surface area contributed by atoms with Crippen molar-refractivity contribution in [1.29, 1.82) is 0 Å². The number of ether oxygens (including phenoxy) is 3. The van der Waals surface area contributed by atoms with Crippen LogP contribution in [0.15, 0.2) is 18.2 Å². The third-order valence-corrected chi connectivity index (χ3v) is 6.30. The zero-order valence-corrected chi connectivity index (χ0v) is 21.0. The number of rotatable bonds is 17. The predicted octanol–water partition coefficient (Wildman–Crippen LogP) is 4.24. The molecule has 0 saturated carbocycles. The number of aliphatic hydroxyl groups excluding tert-OH is 1. The molecular weight excluding hydrogens is 424 g/mol. The summed E-state index contributed by atoms with van der Waals surface area (Å²) in [5.74, 6) is -0.741. The van der Waals surface area contributed by atoms with Crippen molar-refractivity contribution in [2.24, 2.45) is 29.6 Å². The van der Waals surface area contributed by atoms with Crippen molar-refractivity contribution >= 4 is 12.3 Å². The molecule has 0 fully saturated rings. The molecule has 0 heterocycles. The molecule has 0 aromatic heterocycles. The Kier molecular flexibility index (Phi) is 13.1. The van der Waals surface area contributed by atoms with Gasteiger partial charge >= 0.3 is 5.97 Å². The zero-order chi connectivity index (χ0) is 25.0. The molecule has 1 rings (SSSR count). The van der Waals surface area contributed by atoms with Gasteiger partial charge in [0.15, 0.2) is 11.5 Å². The van der Waals surface area contributed by atoms with E-state index in [-0.39, 0.29) is 30.1 Å². The molecule has 7 nitrogen and oxygen atoms in total. The molecule has 7 heteroatoms. The summed E-state index contributed by atoms with van der Waals surface area (Å²) in [5.41, 5.74) is 1.02. The molecule has 0 saturated heterocycles. The van der Waals surface area contributed by atoms with Crippen LogP contribution in [0.5, 0.6) is 11.5 Å². The summed E-state index contributed by atoms with van der Waals surface area (Å²) in [4.78, 5) is 23.4. The summed E-state index contributed by atoms with van der Waals surface area (Å²) in [6.07, 6.45) is 1.64. The van der Waals surface area contributed by atoms with Crippen LogP contribution in [0.3, 0.4) is 0 Å². The highest BCUT2D eigenvalue weighted by Crippen LogP contribution is 2.33. The second-order valence-corrected chi connectivity index (χ2v) is 9.42. The lowest BCUT2D eigenvalue weighted by Gasteiger charge is -2.29. The highest BCUT2D eigenvalue weighted by Gasteiger charge is 2.33. The number of carbonyl (C=O) groups excluding carboxylic acids is 1. The largest absolute Gasteiger partial charge is 0.493 e. The number of carboxylic acid groups (broad SMARTS) is 1. The lowest BCUT2D eigenvalue weighted by Crippen LogP contribution is -2.34. The monoisotopic (exact) mass is 466 g/mol. The van der Waals surface area contributed by atoms with Crippen molar-refractivity contribution in [3.63, 3.8) is 0 Å². The Labute approximate surface area is 198 Å². The number of hydrogen-bond acceptors (Lipinski definition) is 6. The third kappa shape index (κ3) is 9.72. The first kappa shape index (κ1) is 28.9. The topological polar surface area (TPSA) is 102 Å². The fourth-order valence-electron chi connectivity index (χ4n) is 3.92. The Morgan fingerprint density at radius 3 is 2.24 bits per heavy atom. The normalized spacial score (nSPS) is 15.2. The average molecular weight is 467 g/mol. The van der Waals surface area contributed by atoms with Crippen LogP contribution in [0.1, 0.15) is 52.5 Å². The van der Waals surface area contributed by atoms with E-state index >= 15 is 0 Å². The first-order valence-electron chi connectivity index (χ1n) is 11.8. The van der Waals surface area contributed by atoms with E-state index in [4.69, 9.17) is 14.2 Å². The van der Waals surface area contributed by atoms with E-state index in [0.29, 0.717) is 37.6 Å². The molecular formula is C26H42O7. The standard InChI is InChI=1S/C26H42O7/c1-17(2)20(14-22(26(29)30)23(28)15-21(16-27)18(3)4)12-19-8-9-24(32-6)25(13-19)33-11-7-10-31-5/h8-9,13,16-18,20-23,28H,7,10-12,14-15H2,1-6H3,(H,29,30)/t20-,21+,22-,23-/m0/s1. The van der Waals surface area contributed by atoms with Gasteiger partial charge < -0.3 is 29.2 Å². The summed E-state index contributed by atoms with van der Waals surface area (Å²) in [7, 11) is 3.24. The van der Waals surface area contributed by atoms with Crippen LogP contribution in [0.4, 0.5) is 0 Å². The van der Waals surface area contributed by atoms with Gasteiger partial charge in [-0.3, -0.25) is 4.79 Å². The number of methoxy groups -OCH3 is 2. The Balaban J connectivity index is 2.98. The van der Waals surface area contributed by atoms with Crippen LogP contribution >= 0.6 is 0 Å². The smallest absolute Gasteiger partial charge is 0.309 e. The molecule has 1 aromatic carbocycles. The van der Waals surface area contributed by atoms with Gasteiger partial charge in [-0.15, -0.1) is 0 Å². The zero-order valence-electron chi connectivity index (χ0n) is 21.0. The van der Waals surface area contributed by atoms with E-state index in [9.17, 15) is 19.8 Å². The second kappa shape index (κ2) is 14.9. The quantitative estimate of drug-likeness (QED) is 0.261. The summed E-state index contributed by atoms with van der Waals surface area (Å²) >= 11 is 0. The predicted molar refractivity (Wildman–Crippen MR) is 128 cm³/mol. The van der Waals surface area contributed by atoms with Gasteiger partial charge in [-0.1, -0.05) is 33.8 Å². The molecule has 0 amide bonds. The molecule has 0 aliphatic rings. The number of benzene rings is 1. The number of aliphatic hydroxyl groups is 1. The first-order valence-corrected chi connectivity index (χ1v) is 11.8. The highest BCUT2D eigenvalue weighted by atomic mass is 16.5. The molecule has 4 atom stereocenters. The van der Waals surface area contributed by atoms with E-state index in [0.717, 1.165) is 18.3 Å². The van der Waals surface area contributed by atoms with E-state index in [1.807, 2.05) is 32.0 Å². The van der Waals surface area contributed by atoms with E-state index in [2.05, 4.69) is 13.8 Å². The Morgan fingerprint density at radius 1 is 1.03 bits per heavy atom. The fourth-order valence-corrected chi connectivity index (χ4v) is 3.92. The van der Waals surface area contributed by atoms with Crippen LogP contribution in [-0.4, -0.2) is 56.0 Å². The van der Waals surface area contributed by atoms with Crippen LogP contribution in [0, 0.1) is 29.6 Å².